The molecule has 0 aliphatic rings. The summed E-state index contributed by atoms with van der Waals surface area (Å²) in [5.74, 6) is 0.851. The molecule has 2 aromatic rings. The summed E-state index contributed by atoms with van der Waals surface area (Å²) in [5, 5.41) is 6.28. The fraction of sp³-hybridized carbons (Fsp3) is 0.357. The van der Waals surface area contributed by atoms with Crippen molar-refractivity contribution >= 4 is 22.2 Å². The SMILES string of the molecule is CCOc1ccc(Nc2nc(CC)cs2)cc1CN. The third-order valence-electron chi connectivity index (χ3n) is 2.75. The molecule has 0 unspecified atom stereocenters. The lowest BCUT2D eigenvalue weighted by Gasteiger charge is -2.11. The standard InChI is InChI=1S/C14H19N3OS/c1-3-11-9-19-14(16-11)17-12-5-6-13(18-4-2)10(7-12)8-15/h5-7,9H,3-4,8,15H2,1-2H3,(H,16,17). The third-order valence-corrected chi connectivity index (χ3v) is 3.55. The Bertz CT molecular complexity index is 539. The van der Waals surface area contributed by atoms with E-state index in [2.05, 4.69) is 22.6 Å². The van der Waals surface area contributed by atoms with E-state index in [-0.39, 0.29) is 0 Å². The molecule has 5 heteroatoms. The molecule has 1 aromatic heterocycles. The zero-order valence-electron chi connectivity index (χ0n) is 11.3. The van der Waals surface area contributed by atoms with E-state index in [4.69, 9.17) is 10.5 Å². The van der Waals surface area contributed by atoms with E-state index in [1.54, 1.807) is 11.3 Å². The van der Waals surface area contributed by atoms with Gasteiger partial charge in [-0.05, 0) is 31.5 Å². The maximum Gasteiger partial charge on any atom is 0.187 e. The summed E-state index contributed by atoms with van der Waals surface area (Å²) in [7, 11) is 0. The molecule has 0 saturated carbocycles. The van der Waals surface area contributed by atoms with E-state index in [9.17, 15) is 0 Å². The normalized spacial score (nSPS) is 10.5. The predicted molar refractivity (Wildman–Crippen MR) is 80.3 cm³/mol. The first-order valence-corrected chi connectivity index (χ1v) is 7.32. The summed E-state index contributed by atoms with van der Waals surface area (Å²) in [6.07, 6.45) is 0.954. The summed E-state index contributed by atoms with van der Waals surface area (Å²) in [4.78, 5) is 4.48. The minimum Gasteiger partial charge on any atom is -0.494 e. The molecule has 0 saturated heterocycles. The number of thiazole rings is 1. The highest BCUT2D eigenvalue weighted by Gasteiger charge is 2.05. The van der Waals surface area contributed by atoms with Crippen molar-refractivity contribution in [1.29, 1.82) is 0 Å². The van der Waals surface area contributed by atoms with Crippen LogP contribution in [0.4, 0.5) is 10.8 Å². The molecule has 0 radical (unpaired) electrons. The number of anilines is 2. The molecule has 1 aromatic carbocycles. The molecule has 0 amide bonds. The Morgan fingerprint density at radius 1 is 1.37 bits per heavy atom. The van der Waals surface area contributed by atoms with Gasteiger partial charge in [0.25, 0.3) is 0 Å². The molecule has 0 spiro atoms. The van der Waals surface area contributed by atoms with Crippen molar-refractivity contribution in [3.05, 3.63) is 34.8 Å². The lowest BCUT2D eigenvalue weighted by molar-refractivity contribution is 0.336. The number of nitrogens with one attached hydrogen (secondary N) is 1. The van der Waals surface area contributed by atoms with E-state index in [0.717, 1.165) is 34.2 Å². The molecule has 0 atom stereocenters. The number of nitrogens with zero attached hydrogens (tertiary/aromatic N) is 1. The topological polar surface area (TPSA) is 60.2 Å². The molecule has 0 bridgehead atoms. The molecule has 0 aliphatic carbocycles. The van der Waals surface area contributed by atoms with Gasteiger partial charge >= 0.3 is 0 Å². The number of ether oxygens (including phenoxy) is 1. The molecular formula is C14H19N3OS. The van der Waals surface area contributed by atoms with Crippen LogP contribution in [0.25, 0.3) is 0 Å². The van der Waals surface area contributed by atoms with E-state index < -0.39 is 0 Å². The van der Waals surface area contributed by atoms with Crippen LogP contribution in [0.15, 0.2) is 23.6 Å². The summed E-state index contributed by atoms with van der Waals surface area (Å²) in [5.41, 5.74) is 8.84. The van der Waals surface area contributed by atoms with Crippen molar-refractivity contribution in [2.24, 2.45) is 5.73 Å². The Morgan fingerprint density at radius 2 is 2.21 bits per heavy atom. The van der Waals surface area contributed by atoms with Gasteiger partial charge in [0, 0.05) is 23.2 Å². The summed E-state index contributed by atoms with van der Waals surface area (Å²) in [6.45, 7) is 5.17. The molecule has 3 N–H and O–H groups in total. The second kappa shape index (κ2) is 6.54. The van der Waals surface area contributed by atoms with Crippen LogP contribution in [0.3, 0.4) is 0 Å². The van der Waals surface area contributed by atoms with Crippen LogP contribution in [-0.2, 0) is 13.0 Å². The Hall–Kier alpha value is -1.59. The smallest absolute Gasteiger partial charge is 0.187 e. The average Bonchev–Trinajstić information content (AvgIpc) is 2.88. The fourth-order valence-corrected chi connectivity index (χ4v) is 2.58. The third kappa shape index (κ3) is 3.45. The Kier molecular flexibility index (Phi) is 4.76. The van der Waals surface area contributed by atoms with Gasteiger partial charge in [-0.15, -0.1) is 11.3 Å². The van der Waals surface area contributed by atoms with E-state index >= 15 is 0 Å². The zero-order chi connectivity index (χ0) is 13.7. The minimum atomic E-state index is 0.461. The van der Waals surface area contributed by atoms with Gasteiger partial charge in [-0.2, -0.15) is 0 Å². The molecule has 0 aliphatic heterocycles. The van der Waals surface area contributed by atoms with Gasteiger partial charge in [-0.1, -0.05) is 6.92 Å². The Labute approximate surface area is 117 Å². The average molecular weight is 277 g/mol. The van der Waals surface area contributed by atoms with Crippen molar-refractivity contribution in [1.82, 2.24) is 4.98 Å². The highest BCUT2D eigenvalue weighted by atomic mass is 32.1. The van der Waals surface area contributed by atoms with Gasteiger partial charge < -0.3 is 15.8 Å². The molecular weight excluding hydrogens is 258 g/mol. The number of aromatic nitrogens is 1. The van der Waals surface area contributed by atoms with Crippen molar-refractivity contribution in [3.8, 4) is 5.75 Å². The van der Waals surface area contributed by atoms with E-state index in [1.807, 2.05) is 25.1 Å². The van der Waals surface area contributed by atoms with Crippen LogP contribution < -0.4 is 15.8 Å². The summed E-state index contributed by atoms with van der Waals surface area (Å²) < 4.78 is 5.53. The Morgan fingerprint density at radius 3 is 2.84 bits per heavy atom. The van der Waals surface area contributed by atoms with Crippen LogP contribution in [0.2, 0.25) is 0 Å². The maximum absolute atomic E-state index is 5.75. The van der Waals surface area contributed by atoms with Gasteiger partial charge in [0.1, 0.15) is 5.75 Å². The second-order valence-corrected chi connectivity index (χ2v) is 4.94. The predicted octanol–water partition coefficient (Wildman–Crippen LogP) is 3.31. The number of nitrogens with two attached hydrogens (primary N) is 1. The lowest BCUT2D eigenvalue weighted by Crippen LogP contribution is -2.03. The van der Waals surface area contributed by atoms with Crippen LogP contribution in [-0.4, -0.2) is 11.6 Å². The fourth-order valence-electron chi connectivity index (χ4n) is 1.76. The highest BCUT2D eigenvalue weighted by molar-refractivity contribution is 7.13. The minimum absolute atomic E-state index is 0.461. The monoisotopic (exact) mass is 277 g/mol. The quantitative estimate of drug-likeness (QED) is 0.850. The summed E-state index contributed by atoms with van der Waals surface area (Å²) >= 11 is 1.61. The molecule has 1 heterocycles. The van der Waals surface area contributed by atoms with E-state index in [0.29, 0.717) is 13.2 Å². The largest absolute Gasteiger partial charge is 0.494 e. The highest BCUT2D eigenvalue weighted by Crippen LogP contribution is 2.26. The Balaban J connectivity index is 2.16. The zero-order valence-corrected chi connectivity index (χ0v) is 12.1. The number of benzene rings is 1. The molecule has 4 nitrogen and oxygen atoms in total. The first kappa shape index (κ1) is 13.8. The first-order chi connectivity index (χ1) is 9.26. The van der Waals surface area contributed by atoms with E-state index in [1.165, 1.54) is 0 Å². The van der Waals surface area contributed by atoms with Gasteiger partial charge in [-0.25, -0.2) is 4.98 Å². The van der Waals surface area contributed by atoms with Crippen LogP contribution in [0.5, 0.6) is 5.75 Å². The van der Waals surface area contributed by atoms with Crippen LogP contribution in [0.1, 0.15) is 25.1 Å². The molecule has 0 fully saturated rings. The first-order valence-electron chi connectivity index (χ1n) is 6.44. The van der Waals surface area contributed by atoms with Gasteiger partial charge in [0.2, 0.25) is 0 Å². The molecule has 102 valence electrons. The molecule has 2 rings (SSSR count). The van der Waals surface area contributed by atoms with Gasteiger partial charge in [0.05, 0.1) is 12.3 Å². The van der Waals surface area contributed by atoms with Gasteiger partial charge in [0.15, 0.2) is 5.13 Å². The molecule has 19 heavy (non-hydrogen) atoms. The number of rotatable bonds is 6. The second-order valence-electron chi connectivity index (χ2n) is 4.08. The van der Waals surface area contributed by atoms with Crippen molar-refractivity contribution in [2.45, 2.75) is 26.8 Å². The lowest BCUT2D eigenvalue weighted by atomic mass is 10.2. The van der Waals surface area contributed by atoms with Crippen molar-refractivity contribution < 1.29 is 4.74 Å². The van der Waals surface area contributed by atoms with Crippen LogP contribution >= 0.6 is 11.3 Å². The number of aryl methyl sites for hydroxylation is 1. The van der Waals surface area contributed by atoms with Crippen molar-refractivity contribution in [3.63, 3.8) is 0 Å². The summed E-state index contributed by atoms with van der Waals surface area (Å²) in [6, 6.07) is 5.94. The van der Waals surface area contributed by atoms with Crippen LogP contribution in [0, 0.1) is 0 Å². The number of hydrogen-bond donors (Lipinski definition) is 2. The van der Waals surface area contributed by atoms with Gasteiger partial charge in [-0.3, -0.25) is 0 Å². The van der Waals surface area contributed by atoms with Crippen molar-refractivity contribution in [2.75, 3.05) is 11.9 Å². The number of hydrogen-bond acceptors (Lipinski definition) is 5. The maximum atomic E-state index is 5.75.